The highest BCUT2D eigenvalue weighted by Gasteiger charge is 2.28. The predicted octanol–water partition coefficient (Wildman–Crippen LogP) is 4.74. The van der Waals surface area contributed by atoms with E-state index in [0.717, 1.165) is 40.8 Å². The van der Waals surface area contributed by atoms with Gasteiger partial charge in [-0.05, 0) is 77.3 Å². The van der Waals surface area contributed by atoms with Crippen molar-refractivity contribution in [3.8, 4) is 11.1 Å². The number of nitrogens with one attached hydrogen (secondary N) is 1. The summed E-state index contributed by atoms with van der Waals surface area (Å²) < 4.78 is 19.0. The number of piperazine rings is 1. The number of aromatic nitrogens is 5. The Morgan fingerprint density at radius 2 is 1.78 bits per heavy atom. The molecule has 37 heavy (non-hydrogen) atoms. The second kappa shape index (κ2) is 9.68. The van der Waals surface area contributed by atoms with E-state index in [1.165, 1.54) is 39.0 Å². The maximum Gasteiger partial charge on any atom is 0.241 e. The van der Waals surface area contributed by atoms with Crippen molar-refractivity contribution in [3.05, 3.63) is 42.2 Å². The van der Waals surface area contributed by atoms with E-state index in [4.69, 9.17) is 5.10 Å². The van der Waals surface area contributed by atoms with Crippen LogP contribution in [0.4, 0.5) is 10.3 Å². The van der Waals surface area contributed by atoms with Crippen molar-refractivity contribution in [3.63, 3.8) is 0 Å². The average Bonchev–Trinajstić information content (AvgIpc) is 3.45. The molecule has 1 aliphatic carbocycles. The lowest BCUT2D eigenvalue weighted by molar-refractivity contribution is 0.0893. The van der Waals surface area contributed by atoms with E-state index >= 15 is 4.39 Å². The van der Waals surface area contributed by atoms with Crippen molar-refractivity contribution in [1.82, 2.24) is 33.9 Å². The average molecular weight is 505 g/mol. The summed E-state index contributed by atoms with van der Waals surface area (Å²) in [5.41, 5.74) is 3.81. The lowest BCUT2D eigenvalue weighted by Gasteiger charge is -2.41. The third kappa shape index (κ3) is 4.59. The lowest BCUT2D eigenvalue weighted by atomic mass is 9.90. The Kier molecular flexibility index (Phi) is 6.36. The van der Waals surface area contributed by atoms with Crippen molar-refractivity contribution < 1.29 is 4.39 Å². The summed E-state index contributed by atoms with van der Waals surface area (Å²) in [6.07, 6.45) is 8.48. The zero-order chi connectivity index (χ0) is 25.7. The van der Waals surface area contributed by atoms with Gasteiger partial charge in [0.05, 0.1) is 17.2 Å². The molecule has 0 unspecified atom stereocenters. The summed E-state index contributed by atoms with van der Waals surface area (Å²) in [6.45, 7) is 10.8. The molecule has 196 valence electrons. The number of likely N-dealkylation sites (N-methyl/N-ethyl adjacent to an activating group) is 1. The minimum absolute atomic E-state index is 0.194. The topological polar surface area (TPSA) is 66.5 Å². The molecule has 4 aromatic rings. The number of hydrogen-bond donors (Lipinski definition) is 1. The summed E-state index contributed by atoms with van der Waals surface area (Å²) in [4.78, 5) is 14.2. The third-order valence-corrected chi connectivity index (χ3v) is 8.25. The molecule has 1 aromatic carbocycles. The fraction of sp³-hybridized carbons (Fsp3) is 0.536. The number of anilines is 1. The van der Waals surface area contributed by atoms with Crippen LogP contribution >= 0.6 is 0 Å². The monoisotopic (exact) mass is 504 g/mol. The minimum atomic E-state index is -0.305. The first-order valence-electron chi connectivity index (χ1n) is 13.6. The molecular formula is C28H37FN8. The Hall–Kier alpha value is -3.04. The second-order valence-corrected chi connectivity index (χ2v) is 11.1. The highest BCUT2D eigenvalue weighted by molar-refractivity contribution is 5.88. The summed E-state index contributed by atoms with van der Waals surface area (Å²) in [5, 5.41) is 8.30. The third-order valence-electron chi connectivity index (χ3n) is 8.25. The Bertz CT molecular complexity index is 1410. The summed E-state index contributed by atoms with van der Waals surface area (Å²) >= 11 is 0. The van der Waals surface area contributed by atoms with Crippen molar-refractivity contribution in [2.45, 2.75) is 64.6 Å². The normalized spacial score (nSPS) is 21.9. The van der Waals surface area contributed by atoms with Crippen LogP contribution in [0.5, 0.6) is 0 Å². The Balaban J connectivity index is 1.18. The number of rotatable bonds is 5. The van der Waals surface area contributed by atoms with Gasteiger partial charge in [0, 0.05) is 56.1 Å². The van der Waals surface area contributed by atoms with E-state index in [-0.39, 0.29) is 11.9 Å². The molecule has 6 rings (SSSR count). The van der Waals surface area contributed by atoms with Crippen LogP contribution in [0.15, 0.2) is 30.6 Å². The molecule has 0 spiro atoms. The van der Waals surface area contributed by atoms with E-state index in [1.807, 2.05) is 36.0 Å². The molecule has 9 heteroatoms. The van der Waals surface area contributed by atoms with Crippen LogP contribution in [-0.2, 0) is 0 Å². The molecule has 0 radical (unpaired) electrons. The molecule has 0 atom stereocenters. The van der Waals surface area contributed by atoms with E-state index in [1.54, 1.807) is 6.07 Å². The number of fused-ring (bicyclic) bond motifs is 2. The van der Waals surface area contributed by atoms with Gasteiger partial charge in [-0.3, -0.25) is 4.90 Å². The molecule has 2 aliphatic rings. The van der Waals surface area contributed by atoms with E-state index in [0.29, 0.717) is 23.5 Å². The number of halogens is 1. The molecule has 4 heterocycles. The largest absolute Gasteiger partial charge is 0.350 e. The fourth-order valence-corrected chi connectivity index (χ4v) is 6.24. The van der Waals surface area contributed by atoms with Crippen molar-refractivity contribution >= 4 is 22.5 Å². The molecule has 1 aliphatic heterocycles. The van der Waals surface area contributed by atoms with Crippen molar-refractivity contribution in [2.24, 2.45) is 0 Å². The predicted molar refractivity (Wildman–Crippen MR) is 146 cm³/mol. The van der Waals surface area contributed by atoms with Gasteiger partial charge in [-0.15, -0.1) is 5.10 Å². The molecule has 0 bridgehead atoms. The van der Waals surface area contributed by atoms with Crippen LogP contribution in [0.3, 0.4) is 0 Å². The van der Waals surface area contributed by atoms with Crippen LogP contribution in [0.1, 0.15) is 51.4 Å². The molecular weight excluding hydrogens is 467 g/mol. The van der Waals surface area contributed by atoms with Gasteiger partial charge in [-0.1, -0.05) is 0 Å². The van der Waals surface area contributed by atoms with Crippen LogP contribution < -0.4 is 5.32 Å². The minimum Gasteiger partial charge on any atom is -0.350 e. The van der Waals surface area contributed by atoms with Gasteiger partial charge < -0.3 is 14.8 Å². The van der Waals surface area contributed by atoms with Crippen LogP contribution in [0, 0.1) is 12.7 Å². The molecule has 3 aromatic heterocycles. The quantitative estimate of drug-likeness (QED) is 0.423. The van der Waals surface area contributed by atoms with E-state index in [9.17, 15) is 0 Å². The van der Waals surface area contributed by atoms with Crippen LogP contribution in [0.25, 0.3) is 27.7 Å². The summed E-state index contributed by atoms with van der Waals surface area (Å²) in [7, 11) is 2.21. The summed E-state index contributed by atoms with van der Waals surface area (Å²) in [5.74, 6) is 1.16. The number of nitrogens with zero attached hydrogens (tertiary/aromatic N) is 7. The zero-order valence-electron chi connectivity index (χ0n) is 22.3. The number of imidazole rings is 1. The maximum atomic E-state index is 15.1. The van der Waals surface area contributed by atoms with Crippen LogP contribution in [0.2, 0.25) is 0 Å². The van der Waals surface area contributed by atoms with Gasteiger partial charge in [0.15, 0.2) is 5.82 Å². The first-order chi connectivity index (χ1) is 17.9. The molecule has 1 saturated heterocycles. The van der Waals surface area contributed by atoms with Gasteiger partial charge >= 0.3 is 0 Å². The smallest absolute Gasteiger partial charge is 0.241 e. The Morgan fingerprint density at radius 1 is 1.03 bits per heavy atom. The van der Waals surface area contributed by atoms with Gasteiger partial charge in [0.25, 0.3) is 0 Å². The van der Waals surface area contributed by atoms with Gasteiger partial charge in [-0.25, -0.2) is 18.9 Å². The molecule has 0 amide bonds. The first-order valence-corrected chi connectivity index (χ1v) is 13.6. The fourth-order valence-electron chi connectivity index (χ4n) is 6.24. The number of aryl methyl sites for hydroxylation is 1. The Morgan fingerprint density at radius 3 is 2.51 bits per heavy atom. The van der Waals surface area contributed by atoms with Crippen LogP contribution in [-0.4, -0.2) is 79.3 Å². The molecule has 8 nitrogen and oxygen atoms in total. The number of hydrogen-bond acceptors (Lipinski definition) is 6. The maximum absolute atomic E-state index is 15.1. The lowest BCUT2D eigenvalue weighted by Crippen LogP contribution is -2.50. The Labute approximate surface area is 217 Å². The van der Waals surface area contributed by atoms with E-state index < -0.39 is 0 Å². The standard InChI is InChI=1S/C28H37FN8/c1-18(2)37-19(3)31-27-24(29)15-20(16-25(27)37)23-9-10-36-26(23)17-30-28(33-36)32-21-5-7-22(8-6-21)35-13-11-34(4)12-14-35/h9-10,15-18,21-22H,5-8,11-14H2,1-4H3,(H,32,33). The van der Waals surface area contributed by atoms with Gasteiger partial charge in [-0.2, -0.15) is 0 Å². The first kappa shape index (κ1) is 24.3. The molecule has 2 fully saturated rings. The highest BCUT2D eigenvalue weighted by Crippen LogP contribution is 2.32. The van der Waals surface area contributed by atoms with Gasteiger partial charge in [0.1, 0.15) is 11.3 Å². The molecule has 1 N–H and O–H groups in total. The second-order valence-electron chi connectivity index (χ2n) is 11.1. The summed E-state index contributed by atoms with van der Waals surface area (Å²) in [6, 6.07) is 6.87. The number of benzene rings is 1. The van der Waals surface area contributed by atoms with E-state index in [2.05, 4.69) is 50.5 Å². The SMILES string of the molecule is Cc1nc2c(F)cc(-c3ccn4nc(NC5CCC(N6CCN(C)CC6)CC5)ncc34)cc2n1C(C)C. The van der Waals surface area contributed by atoms with Crippen molar-refractivity contribution in [1.29, 1.82) is 0 Å². The highest BCUT2D eigenvalue weighted by atomic mass is 19.1. The van der Waals surface area contributed by atoms with Crippen molar-refractivity contribution in [2.75, 3.05) is 38.5 Å². The van der Waals surface area contributed by atoms with Gasteiger partial charge in [0.2, 0.25) is 5.95 Å². The molecule has 1 saturated carbocycles. The zero-order valence-corrected chi connectivity index (χ0v) is 22.3.